The SMILES string of the molecule is CCC(NCc1ccc(C)cc1)c1ccc(Cl)cc1Cl. The summed E-state index contributed by atoms with van der Waals surface area (Å²) < 4.78 is 0. The van der Waals surface area contributed by atoms with Crippen LogP contribution in [0.25, 0.3) is 0 Å². The minimum atomic E-state index is 0.237. The number of rotatable bonds is 5. The van der Waals surface area contributed by atoms with Gasteiger partial charge in [-0.15, -0.1) is 0 Å². The molecular formula is C17H19Cl2N. The monoisotopic (exact) mass is 307 g/mol. The van der Waals surface area contributed by atoms with Crippen LogP contribution >= 0.6 is 23.2 Å². The van der Waals surface area contributed by atoms with Gasteiger partial charge >= 0.3 is 0 Å². The third-order valence-electron chi connectivity index (χ3n) is 3.42. The molecular weight excluding hydrogens is 289 g/mol. The van der Waals surface area contributed by atoms with Gasteiger partial charge in [0.1, 0.15) is 0 Å². The van der Waals surface area contributed by atoms with Crippen LogP contribution in [0, 0.1) is 6.92 Å². The highest BCUT2D eigenvalue weighted by Gasteiger charge is 2.12. The van der Waals surface area contributed by atoms with Crippen molar-refractivity contribution in [1.82, 2.24) is 5.32 Å². The van der Waals surface area contributed by atoms with E-state index in [-0.39, 0.29) is 6.04 Å². The Morgan fingerprint density at radius 3 is 2.35 bits per heavy atom. The van der Waals surface area contributed by atoms with Crippen LogP contribution < -0.4 is 5.32 Å². The molecule has 2 aromatic rings. The molecule has 0 aliphatic rings. The second kappa shape index (κ2) is 7.12. The summed E-state index contributed by atoms with van der Waals surface area (Å²) in [5.74, 6) is 0. The number of hydrogen-bond donors (Lipinski definition) is 1. The first-order valence-corrected chi connectivity index (χ1v) is 7.59. The number of aryl methyl sites for hydroxylation is 1. The second-order valence-corrected chi connectivity index (χ2v) is 5.84. The van der Waals surface area contributed by atoms with Gasteiger partial charge in [0.2, 0.25) is 0 Å². The summed E-state index contributed by atoms with van der Waals surface area (Å²) in [6.45, 7) is 5.08. The van der Waals surface area contributed by atoms with Crippen LogP contribution in [-0.4, -0.2) is 0 Å². The molecule has 0 saturated heterocycles. The Morgan fingerprint density at radius 1 is 1.05 bits per heavy atom. The van der Waals surface area contributed by atoms with Crippen LogP contribution in [0.5, 0.6) is 0 Å². The van der Waals surface area contributed by atoms with Gasteiger partial charge in [-0.1, -0.05) is 66.0 Å². The van der Waals surface area contributed by atoms with Gasteiger partial charge in [0, 0.05) is 22.6 Å². The zero-order valence-corrected chi connectivity index (χ0v) is 13.3. The Balaban J connectivity index is 2.07. The zero-order valence-electron chi connectivity index (χ0n) is 11.8. The van der Waals surface area contributed by atoms with Gasteiger partial charge in [0.05, 0.1) is 0 Å². The van der Waals surface area contributed by atoms with Crippen molar-refractivity contribution in [3.05, 3.63) is 69.2 Å². The van der Waals surface area contributed by atoms with E-state index in [0.717, 1.165) is 23.6 Å². The Morgan fingerprint density at radius 2 is 1.75 bits per heavy atom. The molecule has 1 unspecified atom stereocenters. The van der Waals surface area contributed by atoms with E-state index in [9.17, 15) is 0 Å². The fourth-order valence-electron chi connectivity index (χ4n) is 2.21. The summed E-state index contributed by atoms with van der Waals surface area (Å²) in [6.07, 6.45) is 0.979. The summed E-state index contributed by atoms with van der Waals surface area (Å²) in [4.78, 5) is 0. The van der Waals surface area contributed by atoms with Crippen LogP contribution in [0.15, 0.2) is 42.5 Å². The van der Waals surface area contributed by atoms with Crippen molar-refractivity contribution in [3.8, 4) is 0 Å². The van der Waals surface area contributed by atoms with Crippen molar-refractivity contribution < 1.29 is 0 Å². The van der Waals surface area contributed by atoms with E-state index in [2.05, 4.69) is 43.4 Å². The van der Waals surface area contributed by atoms with Crippen molar-refractivity contribution in [1.29, 1.82) is 0 Å². The molecule has 106 valence electrons. The molecule has 1 N–H and O–H groups in total. The van der Waals surface area contributed by atoms with E-state index in [0.29, 0.717) is 5.02 Å². The summed E-state index contributed by atoms with van der Waals surface area (Å²) in [5.41, 5.74) is 3.66. The van der Waals surface area contributed by atoms with Gasteiger partial charge < -0.3 is 5.32 Å². The number of hydrogen-bond acceptors (Lipinski definition) is 1. The molecule has 2 aromatic carbocycles. The van der Waals surface area contributed by atoms with Crippen molar-refractivity contribution in [2.75, 3.05) is 0 Å². The molecule has 1 atom stereocenters. The van der Waals surface area contributed by atoms with E-state index in [1.807, 2.05) is 12.1 Å². The summed E-state index contributed by atoms with van der Waals surface area (Å²) >= 11 is 12.2. The highest BCUT2D eigenvalue weighted by Crippen LogP contribution is 2.28. The number of benzene rings is 2. The van der Waals surface area contributed by atoms with Crippen LogP contribution in [0.3, 0.4) is 0 Å². The molecule has 0 bridgehead atoms. The number of halogens is 2. The van der Waals surface area contributed by atoms with Crippen LogP contribution in [0.1, 0.15) is 36.1 Å². The van der Waals surface area contributed by atoms with E-state index in [1.54, 1.807) is 6.07 Å². The maximum Gasteiger partial charge on any atom is 0.0468 e. The standard InChI is InChI=1S/C17H19Cl2N/c1-3-17(15-9-8-14(18)10-16(15)19)20-11-13-6-4-12(2)5-7-13/h4-10,17,20H,3,11H2,1-2H3. The molecule has 0 aromatic heterocycles. The van der Waals surface area contributed by atoms with Crippen LogP contribution in [0.4, 0.5) is 0 Å². The molecule has 0 spiro atoms. The first-order valence-electron chi connectivity index (χ1n) is 6.84. The largest absolute Gasteiger partial charge is 0.306 e. The quantitative estimate of drug-likeness (QED) is 0.764. The normalized spacial score (nSPS) is 12.4. The molecule has 0 heterocycles. The summed E-state index contributed by atoms with van der Waals surface area (Å²) in [7, 11) is 0. The maximum absolute atomic E-state index is 6.28. The Bertz CT molecular complexity index is 564. The van der Waals surface area contributed by atoms with Crippen molar-refractivity contribution in [2.45, 2.75) is 32.9 Å². The zero-order chi connectivity index (χ0) is 14.5. The fraction of sp³-hybridized carbons (Fsp3) is 0.294. The average Bonchev–Trinajstić information content (AvgIpc) is 2.43. The lowest BCUT2D eigenvalue weighted by atomic mass is 10.0. The third-order valence-corrected chi connectivity index (χ3v) is 3.98. The molecule has 0 amide bonds. The molecule has 0 aliphatic heterocycles. The Kier molecular flexibility index (Phi) is 5.47. The lowest BCUT2D eigenvalue weighted by Gasteiger charge is -2.19. The van der Waals surface area contributed by atoms with Gasteiger partial charge in [-0.3, -0.25) is 0 Å². The summed E-state index contributed by atoms with van der Waals surface area (Å²) in [5, 5.41) is 4.95. The third kappa shape index (κ3) is 3.99. The predicted octanol–water partition coefficient (Wildman–Crippen LogP) is 5.54. The van der Waals surface area contributed by atoms with Gasteiger partial charge in [-0.2, -0.15) is 0 Å². The first-order chi connectivity index (χ1) is 9.60. The number of nitrogens with one attached hydrogen (secondary N) is 1. The molecule has 1 nitrogen and oxygen atoms in total. The topological polar surface area (TPSA) is 12.0 Å². The van der Waals surface area contributed by atoms with E-state index >= 15 is 0 Å². The van der Waals surface area contributed by atoms with Crippen molar-refractivity contribution in [2.24, 2.45) is 0 Å². The van der Waals surface area contributed by atoms with E-state index in [4.69, 9.17) is 23.2 Å². The molecule has 0 saturated carbocycles. The Labute approximate surface area is 130 Å². The van der Waals surface area contributed by atoms with Gasteiger partial charge in [-0.05, 0) is 36.6 Å². The predicted molar refractivity (Wildman–Crippen MR) is 87.5 cm³/mol. The molecule has 2 rings (SSSR count). The maximum atomic E-state index is 6.28. The van der Waals surface area contributed by atoms with Gasteiger partial charge in [-0.25, -0.2) is 0 Å². The van der Waals surface area contributed by atoms with E-state index in [1.165, 1.54) is 11.1 Å². The van der Waals surface area contributed by atoms with Gasteiger partial charge in [0.25, 0.3) is 0 Å². The Hall–Kier alpha value is -1.02. The highest BCUT2D eigenvalue weighted by atomic mass is 35.5. The smallest absolute Gasteiger partial charge is 0.0468 e. The fourth-order valence-corrected chi connectivity index (χ4v) is 2.75. The van der Waals surface area contributed by atoms with Crippen molar-refractivity contribution in [3.63, 3.8) is 0 Å². The summed E-state index contributed by atoms with van der Waals surface area (Å²) in [6, 6.07) is 14.5. The minimum absolute atomic E-state index is 0.237. The minimum Gasteiger partial charge on any atom is -0.306 e. The molecule has 0 aliphatic carbocycles. The van der Waals surface area contributed by atoms with Crippen molar-refractivity contribution >= 4 is 23.2 Å². The van der Waals surface area contributed by atoms with Crippen LogP contribution in [-0.2, 0) is 6.54 Å². The van der Waals surface area contributed by atoms with E-state index < -0.39 is 0 Å². The molecule has 20 heavy (non-hydrogen) atoms. The first kappa shape index (κ1) is 15.4. The van der Waals surface area contributed by atoms with Gasteiger partial charge in [0.15, 0.2) is 0 Å². The van der Waals surface area contributed by atoms with Crippen LogP contribution in [0.2, 0.25) is 10.0 Å². The molecule has 0 fully saturated rings. The lowest BCUT2D eigenvalue weighted by Crippen LogP contribution is -2.20. The second-order valence-electron chi connectivity index (χ2n) is 4.99. The molecule has 0 radical (unpaired) electrons. The average molecular weight is 308 g/mol. The lowest BCUT2D eigenvalue weighted by molar-refractivity contribution is 0.519. The highest BCUT2D eigenvalue weighted by molar-refractivity contribution is 6.35. The molecule has 3 heteroatoms.